The number of nitrogens with zero attached hydrogens (tertiary/aromatic N) is 1. The van der Waals surface area contributed by atoms with Crippen LogP contribution in [0, 0.1) is 6.33 Å². The van der Waals surface area contributed by atoms with Crippen molar-refractivity contribution in [2.24, 2.45) is 0 Å². The summed E-state index contributed by atoms with van der Waals surface area (Å²) in [7, 11) is 0. The largest absolute Gasteiger partial charge is 0.461 e. The van der Waals surface area contributed by atoms with Gasteiger partial charge >= 0.3 is 11.9 Å². The fourth-order valence-electron chi connectivity index (χ4n) is 0.953. The molecule has 0 aliphatic heterocycles. The van der Waals surface area contributed by atoms with Crippen LogP contribution >= 0.6 is 0 Å². The molecule has 0 unspecified atom stereocenters. The smallest absolute Gasteiger partial charge is 0.359 e. The average Bonchev–Trinajstić information content (AvgIpc) is 2.66. The van der Waals surface area contributed by atoms with Crippen molar-refractivity contribution < 1.29 is 19.1 Å². The molecule has 0 spiro atoms. The van der Waals surface area contributed by atoms with Crippen LogP contribution in [0.2, 0.25) is 0 Å². The van der Waals surface area contributed by atoms with E-state index in [1.165, 1.54) is 0 Å². The van der Waals surface area contributed by atoms with E-state index in [9.17, 15) is 9.59 Å². The molecule has 6 nitrogen and oxygen atoms in total. The Bertz CT molecular complexity index is 326. The van der Waals surface area contributed by atoms with E-state index in [0.29, 0.717) is 0 Å². The highest BCUT2D eigenvalue weighted by Gasteiger charge is 2.22. The Morgan fingerprint density at radius 2 is 1.87 bits per heavy atom. The van der Waals surface area contributed by atoms with Crippen molar-refractivity contribution in [1.29, 1.82) is 0 Å². The van der Waals surface area contributed by atoms with Crippen molar-refractivity contribution >= 4 is 11.9 Å². The number of esters is 2. The first-order valence-corrected chi connectivity index (χ1v) is 4.51. The highest BCUT2D eigenvalue weighted by atomic mass is 16.5. The van der Waals surface area contributed by atoms with Gasteiger partial charge in [-0.05, 0) is 13.8 Å². The monoisotopic (exact) mass is 211 g/mol. The van der Waals surface area contributed by atoms with Crippen molar-refractivity contribution in [3.63, 3.8) is 0 Å². The quantitative estimate of drug-likeness (QED) is 0.736. The molecule has 15 heavy (non-hydrogen) atoms. The van der Waals surface area contributed by atoms with Gasteiger partial charge in [-0.2, -0.15) is 0 Å². The zero-order valence-corrected chi connectivity index (χ0v) is 8.49. The summed E-state index contributed by atoms with van der Waals surface area (Å²) in [5.74, 6) is -1.31. The van der Waals surface area contributed by atoms with Gasteiger partial charge < -0.3 is 14.5 Å². The summed E-state index contributed by atoms with van der Waals surface area (Å²) in [5.41, 5.74) is -0.134. The third kappa shape index (κ3) is 2.55. The highest BCUT2D eigenvalue weighted by molar-refractivity contribution is 6.00. The van der Waals surface area contributed by atoms with E-state index in [0.717, 1.165) is 0 Å². The van der Waals surface area contributed by atoms with Crippen LogP contribution in [0.25, 0.3) is 0 Å². The maximum atomic E-state index is 11.3. The number of H-pyrrole nitrogens is 1. The number of aromatic amines is 1. The average molecular weight is 211 g/mol. The minimum atomic E-state index is -0.668. The lowest BCUT2D eigenvalue weighted by Gasteiger charge is -2.01. The van der Waals surface area contributed by atoms with Crippen molar-refractivity contribution in [2.75, 3.05) is 13.2 Å². The van der Waals surface area contributed by atoms with Gasteiger partial charge in [0.15, 0.2) is 17.7 Å². The van der Waals surface area contributed by atoms with E-state index < -0.39 is 11.9 Å². The summed E-state index contributed by atoms with van der Waals surface area (Å²) in [5, 5.41) is 0. The molecule has 1 aromatic heterocycles. The van der Waals surface area contributed by atoms with Crippen LogP contribution in [0.3, 0.4) is 0 Å². The Kier molecular flexibility index (Phi) is 3.84. The first kappa shape index (κ1) is 11.2. The molecule has 0 saturated heterocycles. The van der Waals surface area contributed by atoms with Gasteiger partial charge in [0, 0.05) is 0 Å². The predicted octanol–water partition coefficient (Wildman–Crippen LogP) is 0.563. The Morgan fingerprint density at radius 3 is 2.47 bits per heavy atom. The molecule has 0 aliphatic carbocycles. The second-order valence-corrected chi connectivity index (χ2v) is 2.51. The summed E-state index contributed by atoms with van der Waals surface area (Å²) >= 11 is 0. The topological polar surface area (TPSA) is 81.3 Å². The SMILES string of the molecule is CCOC(=O)c1n[c][nH]c1C(=O)OCC. The van der Waals surface area contributed by atoms with Gasteiger partial charge in [-0.15, -0.1) is 0 Å². The van der Waals surface area contributed by atoms with Crippen molar-refractivity contribution in [2.45, 2.75) is 13.8 Å². The lowest BCUT2D eigenvalue weighted by molar-refractivity contribution is 0.0471. The van der Waals surface area contributed by atoms with Crippen LogP contribution in [0.4, 0.5) is 0 Å². The van der Waals surface area contributed by atoms with Crippen LogP contribution < -0.4 is 0 Å². The van der Waals surface area contributed by atoms with Crippen molar-refractivity contribution in [3.8, 4) is 0 Å². The molecule has 1 N–H and O–H groups in total. The Labute approximate surface area is 86.6 Å². The molecule has 0 bridgehead atoms. The fraction of sp³-hybridized carbons (Fsp3) is 0.444. The van der Waals surface area contributed by atoms with Crippen LogP contribution in [0.1, 0.15) is 34.8 Å². The molecule has 0 fully saturated rings. The number of carbonyl (C=O) groups excluding carboxylic acids is 2. The molecule has 81 valence electrons. The number of hydrogen-bond donors (Lipinski definition) is 1. The summed E-state index contributed by atoms with van der Waals surface area (Å²) < 4.78 is 9.42. The number of imidazole rings is 1. The second kappa shape index (κ2) is 5.14. The predicted molar refractivity (Wildman–Crippen MR) is 49.3 cm³/mol. The van der Waals surface area contributed by atoms with Gasteiger partial charge in [-0.25, -0.2) is 14.6 Å². The summed E-state index contributed by atoms with van der Waals surface area (Å²) in [6.07, 6.45) is 2.30. The van der Waals surface area contributed by atoms with E-state index in [-0.39, 0.29) is 24.6 Å². The highest BCUT2D eigenvalue weighted by Crippen LogP contribution is 2.06. The van der Waals surface area contributed by atoms with E-state index >= 15 is 0 Å². The molecule has 0 aromatic carbocycles. The van der Waals surface area contributed by atoms with E-state index in [1.54, 1.807) is 13.8 Å². The minimum absolute atomic E-state index is 0.0321. The molecule has 0 amide bonds. The van der Waals surface area contributed by atoms with Gasteiger partial charge in [0.2, 0.25) is 0 Å². The van der Waals surface area contributed by atoms with Gasteiger partial charge in [0.1, 0.15) is 0 Å². The Balaban J connectivity index is 2.86. The van der Waals surface area contributed by atoms with Crippen LogP contribution in [-0.4, -0.2) is 35.1 Å². The minimum Gasteiger partial charge on any atom is -0.461 e. The van der Waals surface area contributed by atoms with E-state index in [4.69, 9.17) is 9.47 Å². The molecule has 0 saturated carbocycles. The number of carbonyl (C=O) groups is 2. The molecule has 1 aromatic rings. The normalized spacial score (nSPS) is 9.73. The second-order valence-electron chi connectivity index (χ2n) is 2.51. The Hall–Kier alpha value is -1.85. The molecule has 0 atom stereocenters. The van der Waals surface area contributed by atoms with Gasteiger partial charge in [-0.3, -0.25) is 0 Å². The zero-order valence-electron chi connectivity index (χ0n) is 8.49. The van der Waals surface area contributed by atoms with Gasteiger partial charge in [0.05, 0.1) is 13.2 Å². The summed E-state index contributed by atoms with van der Waals surface area (Å²) in [4.78, 5) is 28.6. The third-order valence-corrected chi connectivity index (χ3v) is 1.53. The number of ether oxygens (including phenoxy) is 2. The molecule has 1 radical (unpaired) electrons. The van der Waals surface area contributed by atoms with Crippen LogP contribution in [-0.2, 0) is 9.47 Å². The molecular weight excluding hydrogens is 200 g/mol. The lowest BCUT2D eigenvalue weighted by Crippen LogP contribution is -2.13. The van der Waals surface area contributed by atoms with Crippen LogP contribution in [0.15, 0.2) is 0 Å². The number of aromatic nitrogens is 2. The molecule has 6 heteroatoms. The maximum Gasteiger partial charge on any atom is 0.359 e. The van der Waals surface area contributed by atoms with Crippen molar-refractivity contribution in [1.82, 2.24) is 9.97 Å². The summed E-state index contributed by atoms with van der Waals surface area (Å²) in [6, 6.07) is 0. The van der Waals surface area contributed by atoms with Gasteiger partial charge in [0.25, 0.3) is 0 Å². The number of nitrogens with one attached hydrogen (secondary N) is 1. The van der Waals surface area contributed by atoms with E-state index in [2.05, 4.69) is 16.3 Å². The molecule has 1 heterocycles. The van der Waals surface area contributed by atoms with Gasteiger partial charge in [-0.1, -0.05) is 0 Å². The standard InChI is InChI=1S/C9H11N2O4/c1-3-14-8(12)6-7(11-5-10-6)9(13)15-4-2/h3-4H2,1-2H3,(H,10,11). The molecule has 1 rings (SSSR count). The molecule has 0 aliphatic rings. The Morgan fingerprint density at radius 1 is 1.27 bits per heavy atom. The first-order chi connectivity index (χ1) is 7.20. The maximum absolute atomic E-state index is 11.3. The van der Waals surface area contributed by atoms with E-state index in [1.807, 2.05) is 0 Å². The summed E-state index contributed by atoms with van der Waals surface area (Å²) in [6.45, 7) is 3.77. The lowest BCUT2D eigenvalue weighted by atomic mass is 10.3. The van der Waals surface area contributed by atoms with Crippen molar-refractivity contribution in [3.05, 3.63) is 17.7 Å². The number of hydrogen-bond acceptors (Lipinski definition) is 5. The zero-order chi connectivity index (χ0) is 11.3. The molecular formula is C9H11N2O4. The first-order valence-electron chi connectivity index (χ1n) is 4.51. The fourth-order valence-corrected chi connectivity index (χ4v) is 0.953. The number of rotatable bonds is 4. The third-order valence-electron chi connectivity index (χ3n) is 1.53. The van der Waals surface area contributed by atoms with Crippen LogP contribution in [0.5, 0.6) is 0 Å².